The van der Waals surface area contributed by atoms with E-state index in [4.69, 9.17) is 5.26 Å². The first-order valence-corrected chi connectivity index (χ1v) is 9.81. The number of nitriles is 1. The van der Waals surface area contributed by atoms with Gasteiger partial charge in [-0.15, -0.1) is 8.78 Å². The van der Waals surface area contributed by atoms with E-state index in [-0.39, 0.29) is 16.2 Å². The fourth-order valence-corrected chi connectivity index (χ4v) is 3.01. The van der Waals surface area contributed by atoms with Gasteiger partial charge in [-0.25, -0.2) is 0 Å². The normalized spacial score (nSPS) is 13.4. The van der Waals surface area contributed by atoms with Gasteiger partial charge in [0.1, 0.15) is 6.07 Å². The average Bonchev–Trinajstić information content (AvgIpc) is 3.23. The van der Waals surface area contributed by atoms with Crippen LogP contribution in [0.4, 0.5) is 8.78 Å². The number of halogens is 3. The number of para-hydroxylation sites is 1. The summed E-state index contributed by atoms with van der Waals surface area (Å²) >= 11 is 2.90. The van der Waals surface area contributed by atoms with Gasteiger partial charge in [-0.1, -0.05) is 44.7 Å². The van der Waals surface area contributed by atoms with Crippen LogP contribution in [0.2, 0.25) is 0 Å². The highest BCUT2D eigenvalue weighted by molar-refractivity contribution is 9.18. The highest BCUT2D eigenvalue weighted by Crippen LogP contribution is 2.47. The van der Waals surface area contributed by atoms with Crippen LogP contribution in [0.3, 0.4) is 0 Å². The number of benzene rings is 1. The number of aromatic amines is 1. The number of carbonyl (C=O) groups excluding carboxylic acids is 1. The molecular weight excluding hydrogens is 434 g/mol. The zero-order valence-corrected chi connectivity index (χ0v) is 17.0. The summed E-state index contributed by atoms with van der Waals surface area (Å²) in [7, 11) is 0. The number of unbranched alkanes of at least 4 members (excludes halogenated alkanes) is 4. The minimum atomic E-state index is -3.67. The number of carbonyl (C=O) groups is 1. The summed E-state index contributed by atoms with van der Waals surface area (Å²) in [6.07, 6.45) is 6.16. The quantitative estimate of drug-likeness (QED) is 0.402. The van der Waals surface area contributed by atoms with E-state index in [1.165, 1.54) is 37.9 Å². The summed E-state index contributed by atoms with van der Waals surface area (Å²) in [5, 5.41) is 8.93. The van der Waals surface area contributed by atoms with Crippen molar-refractivity contribution in [3.63, 3.8) is 0 Å². The first-order valence-electron chi connectivity index (χ1n) is 9.02. The smallest absolute Gasteiger partial charge is 0.395 e. The lowest BCUT2D eigenvalue weighted by atomic mass is 10.0. The molecule has 1 aromatic carbocycles. The van der Waals surface area contributed by atoms with E-state index in [0.717, 1.165) is 6.42 Å². The van der Waals surface area contributed by atoms with Crippen LogP contribution < -0.4 is 9.47 Å². The van der Waals surface area contributed by atoms with E-state index in [2.05, 4.69) is 37.3 Å². The molecule has 150 valence electrons. The van der Waals surface area contributed by atoms with Crippen LogP contribution in [0.25, 0.3) is 11.1 Å². The summed E-state index contributed by atoms with van der Waals surface area (Å²) in [4.78, 5) is 13.1. The number of nitrogens with zero attached hydrogens (tertiary/aromatic N) is 1. The SMILES string of the molecule is CCCCCCCC(=O)Br.N#Cc1c[nH]cc1-c1cccc2c1OC(F)(F)O2. The third kappa shape index (κ3) is 6.06. The Bertz CT molecular complexity index is 846. The van der Waals surface area contributed by atoms with E-state index in [1.54, 1.807) is 18.3 Å². The van der Waals surface area contributed by atoms with Crippen LogP contribution in [0.1, 0.15) is 51.0 Å². The third-order valence-corrected chi connectivity index (χ3v) is 4.46. The number of rotatable bonds is 7. The summed E-state index contributed by atoms with van der Waals surface area (Å²) in [6, 6.07) is 6.51. The molecular formula is C20H21BrF2N2O3. The second-order valence-corrected chi connectivity index (χ2v) is 7.10. The molecule has 0 bridgehead atoms. The molecule has 1 aliphatic rings. The van der Waals surface area contributed by atoms with Crippen molar-refractivity contribution in [2.45, 2.75) is 51.7 Å². The van der Waals surface area contributed by atoms with Crippen molar-refractivity contribution in [3.05, 3.63) is 36.2 Å². The molecule has 5 nitrogen and oxygen atoms in total. The first kappa shape index (κ1) is 21.9. The maximum atomic E-state index is 13.0. The van der Waals surface area contributed by atoms with Crippen LogP contribution in [-0.4, -0.2) is 16.0 Å². The Morgan fingerprint density at radius 1 is 1.18 bits per heavy atom. The summed E-state index contributed by atoms with van der Waals surface area (Å²) in [5.74, 6) is -0.0961. The predicted octanol–water partition coefficient (Wildman–Crippen LogP) is 6.14. The highest BCUT2D eigenvalue weighted by Gasteiger charge is 2.44. The van der Waals surface area contributed by atoms with Crippen LogP contribution in [-0.2, 0) is 4.79 Å². The van der Waals surface area contributed by atoms with Crippen molar-refractivity contribution < 1.29 is 23.0 Å². The first-order chi connectivity index (χ1) is 13.4. The zero-order valence-electron chi connectivity index (χ0n) is 15.4. The van der Waals surface area contributed by atoms with E-state index < -0.39 is 6.29 Å². The molecule has 8 heteroatoms. The van der Waals surface area contributed by atoms with Gasteiger partial charge in [-0.05, 0) is 28.4 Å². The Morgan fingerprint density at radius 2 is 1.93 bits per heavy atom. The zero-order chi connectivity index (χ0) is 20.6. The topological polar surface area (TPSA) is 75.1 Å². The number of nitrogens with one attached hydrogen (secondary N) is 1. The second kappa shape index (κ2) is 10.2. The summed E-state index contributed by atoms with van der Waals surface area (Å²) in [5.41, 5.74) is 1.24. The van der Waals surface area contributed by atoms with Gasteiger partial charge in [0, 0.05) is 29.9 Å². The maximum absolute atomic E-state index is 13.0. The van der Waals surface area contributed by atoms with Crippen molar-refractivity contribution in [2.75, 3.05) is 0 Å². The van der Waals surface area contributed by atoms with Gasteiger partial charge in [0.15, 0.2) is 16.2 Å². The molecule has 0 aliphatic carbocycles. The number of hydrogen-bond acceptors (Lipinski definition) is 4. The lowest BCUT2D eigenvalue weighted by Crippen LogP contribution is -2.26. The van der Waals surface area contributed by atoms with Crippen molar-refractivity contribution in [1.82, 2.24) is 4.98 Å². The Hall–Kier alpha value is -2.40. The third-order valence-electron chi connectivity index (χ3n) is 4.06. The molecule has 0 radical (unpaired) electrons. The minimum absolute atomic E-state index is 0.0393. The molecule has 0 saturated heterocycles. The van der Waals surface area contributed by atoms with Crippen LogP contribution in [0.5, 0.6) is 11.5 Å². The van der Waals surface area contributed by atoms with Gasteiger partial charge < -0.3 is 14.5 Å². The minimum Gasteiger partial charge on any atom is -0.395 e. The molecule has 28 heavy (non-hydrogen) atoms. The molecule has 1 aromatic heterocycles. The van der Waals surface area contributed by atoms with Crippen LogP contribution >= 0.6 is 15.9 Å². The van der Waals surface area contributed by atoms with Gasteiger partial charge in [-0.2, -0.15) is 5.26 Å². The van der Waals surface area contributed by atoms with E-state index >= 15 is 0 Å². The number of ether oxygens (including phenoxy) is 2. The van der Waals surface area contributed by atoms with Gasteiger partial charge in [0.05, 0.1) is 5.56 Å². The average molecular weight is 455 g/mol. The standard InChI is InChI=1S/C12H6F2N2O2.C8H15BrO/c13-12(14)17-10-3-1-2-8(11(10)18-12)9-6-16-5-7(9)4-15;1-2-3-4-5-6-7-8(9)10/h1-3,5-6,16H;2-7H2,1H3. The number of alkyl halides is 2. The van der Waals surface area contributed by atoms with Gasteiger partial charge in [-0.3, -0.25) is 4.79 Å². The highest BCUT2D eigenvalue weighted by atomic mass is 79.9. The van der Waals surface area contributed by atoms with Crippen LogP contribution in [0, 0.1) is 11.3 Å². The second-order valence-electron chi connectivity index (χ2n) is 6.21. The molecule has 0 saturated carbocycles. The fraction of sp³-hybridized carbons (Fsp3) is 0.400. The molecule has 3 rings (SSSR count). The number of H-pyrrole nitrogens is 1. The Morgan fingerprint density at radius 3 is 2.61 bits per heavy atom. The maximum Gasteiger partial charge on any atom is 0.586 e. The Kier molecular flexibility index (Phi) is 8.00. The predicted molar refractivity (Wildman–Crippen MR) is 104 cm³/mol. The lowest BCUT2D eigenvalue weighted by Gasteiger charge is -2.06. The molecule has 0 unspecified atom stereocenters. The molecule has 0 atom stereocenters. The molecule has 0 amide bonds. The molecule has 2 aromatic rings. The Balaban J connectivity index is 0.000000242. The van der Waals surface area contributed by atoms with Gasteiger partial charge >= 0.3 is 6.29 Å². The molecule has 1 N–H and O–H groups in total. The monoisotopic (exact) mass is 454 g/mol. The largest absolute Gasteiger partial charge is 0.586 e. The summed E-state index contributed by atoms with van der Waals surface area (Å²) in [6.45, 7) is 2.19. The lowest BCUT2D eigenvalue weighted by molar-refractivity contribution is -0.286. The Labute approximate surface area is 170 Å². The van der Waals surface area contributed by atoms with Gasteiger partial charge in [0.25, 0.3) is 0 Å². The number of hydrogen-bond donors (Lipinski definition) is 1. The summed E-state index contributed by atoms with van der Waals surface area (Å²) < 4.78 is 35.0. The van der Waals surface area contributed by atoms with Crippen molar-refractivity contribution >= 4 is 20.6 Å². The number of aromatic nitrogens is 1. The number of fused-ring (bicyclic) bond motifs is 1. The molecule has 0 fully saturated rings. The van der Waals surface area contributed by atoms with Gasteiger partial charge in [0.2, 0.25) is 0 Å². The van der Waals surface area contributed by atoms with Crippen LogP contribution in [0.15, 0.2) is 30.6 Å². The van der Waals surface area contributed by atoms with E-state index in [9.17, 15) is 13.6 Å². The van der Waals surface area contributed by atoms with Crippen molar-refractivity contribution in [3.8, 4) is 28.7 Å². The van der Waals surface area contributed by atoms with E-state index in [1.807, 2.05) is 6.07 Å². The molecule has 2 heterocycles. The van der Waals surface area contributed by atoms with Crippen molar-refractivity contribution in [1.29, 1.82) is 5.26 Å². The fourth-order valence-electron chi connectivity index (χ4n) is 2.73. The molecule has 0 spiro atoms. The molecule has 1 aliphatic heterocycles. The van der Waals surface area contributed by atoms with E-state index in [0.29, 0.717) is 23.1 Å². The van der Waals surface area contributed by atoms with Crippen molar-refractivity contribution in [2.24, 2.45) is 0 Å².